The van der Waals surface area contributed by atoms with Crippen LogP contribution in [0.2, 0.25) is 0 Å². The molecule has 2 aliphatic rings. The zero-order chi connectivity index (χ0) is 14.6. The highest BCUT2D eigenvalue weighted by Crippen LogP contribution is 2.38. The number of amides is 2. The summed E-state index contributed by atoms with van der Waals surface area (Å²) in [7, 11) is 0. The fraction of sp³-hybridized carbons (Fsp3) is 0.188. The van der Waals surface area contributed by atoms with Gasteiger partial charge in [0.1, 0.15) is 6.04 Å². The van der Waals surface area contributed by atoms with Crippen molar-refractivity contribution < 1.29 is 9.59 Å². The lowest BCUT2D eigenvalue weighted by molar-refractivity contribution is -0.122. The number of rotatable bonds is 1. The van der Waals surface area contributed by atoms with Crippen LogP contribution in [0.3, 0.4) is 0 Å². The fourth-order valence-corrected chi connectivity index (χ4v) is 3.12. The first kappa shape index (κ1) is 12.1. The Morgan fingerprint density at radius 3 is 2.95 bits per heavy atom. The number of piperidine rings is 1. The van der Waals surface area contributed by atoms with Gasteiger partial charge >= 0.3 is 0 Å². The molecule has 5 heteroatoms. The number of carbonyl (C=O) groups excluding carboxylic acids is 2. The normalized spacial score (nSPS) is 21.0. The molecule has 0 aliphatic carbocycles. The average Bonchev–Trinajstić information content (AvgIpc) is 2.75. The van der Waals surface area contributed by atoms with Crippen molar-refractivity contribution in [3.63, 3.8) is 0 Å². The van der Waals surface area contributed by atoms with Gasteiger partial charge in [-0.05, 0) is 31.0 Å². The van der Waals surface area contributed by atoms with Crippen LogP contribution < -0.4 is 10.2 Å². The molecular formula is C16H13N3O2. The van der Waals surface area contributed by atoms with Crippen molar-refractivity contribution in [2.75, 3.05) is 4.90 Å². The summed E-state index contributed by atoms with van der Waals surface area (Å²) in [6, 6.07) is 6.84. The number of anilines is 1. The number of allylic oxidation sites excluding steroid dienone is 1. The van der Waals surface area contributed by atoms with Gasteiger partial charge < -0.3 is 5.32 Å². The first-order chi connectivity index (χ1) is 10.2. The van der Waals surface area contributed by atoms with Gasteiger partial charge in [0.15, 0.2) is 0 Å². The maximum atomic E-state index is 12.7. The van der Waals surface area contributed by atoms with Gasteiger partial charge in [0.2, 0.25) is 5.91 Å². The highest BCUT2D eigenvalue weighted by Gasteiger charge is 2.39. The fourth-order valence-electron chi connectivity index (χ4n) is 3.12. The van der Waals surface area contributed by atoms with E-state index in [2.05, 4.69) is 16.9 Å². The minimum atomic E-state index is -0.485. The molecule has 1 fully saturated rings. The van der Waals surface area contributed by atoms with Crippen molar-refractivity contribution in [2.24, 2.45) is 0 Å². The predicted octanol–water partition coefficient (Wildman–Crippen LogP) is 1.99. The van der Waals surface area contributed by atoms with E-state index in [1.807, 2.05) is 18.2 Å². The number of hydrogen-bond donors (Lipinski definition) is 1. The molecule has 2 amide bonds. The molecule has 1 N–H and O–H groups in total. The van der Waals surface area contributed by atoms with Crippen molar-refractivity contribution in [3.8, 4) is 0 Å². The molecule has 3 heterocycles. The lowest BCUT2D eigenvalue weighted by atomic mass is 10.0. The highest BCUT2D eigenvalue weighted by atomic mass is 16.2. The summed E-state index contributed by atoms with van der Waals surface area (Å²) in [5.74, 6) is -0.298. The summed E-state index contributed by atoms with van der Waals surface area (Å²) in [6.45, 7) is 3.78. The Hall–Kier alpha value is -2.69. The van der Waals surface area contributed by atoms with Crippen LogP contribution in [0.15, 0.2) is 42.7 Å². The molecular weight excluding hydrogens is 266 g/mol. The van der Waals surface area contributed by atoms with Gasteiger partial charge in [-0.15, -0.1) is 0 Å². The van der Waals surface area contributed by atoms with E-state index in [0.717, 1.165) is 16.6 Å². The molecule has 1 aromatic heterocycles. The number of nitrogens with zero attached hydrogens (tertiary/aromatic N) is 2. The number of aromatic nitrogens is 1. The second-order valence-corrected chi connectivity index (χ2v) is 5.35. The summed E-state index contributed by atoms with van der Waals surface area (Å²) in [6.07, 6.45) is 2.91. The Morgan fingerprint density at radius 2 is 2.14 bits per heavy atom. The maximum absolute atomic E-state index is 12.7. The predicted molar refractivity (Wildman–Crippen MR) is 78.9 cm³/mol. The third-order valence-corrected chi connectivity index (χ3v) is 4.09. The average molecular weight is 279 g/mol. The second kappa shape index (κ2) is 4.15. The summed E-state index contributed by atoms with van der Waals surface area (Å²) in [5.41, 5.74) is 2.88. The topological polar surface area (TPSA) is 62.3 Å². The minimum Gasteiger partial charge on any atom is -0.329 e. The molecule has 2 aliphatic heterocycles. The van der Waals surface area contributed by atoms with Crippen LogP contribution >= 0.6 is 0 Å². The zero-order valence-corrected chi connectivity index (χ0v) is 11.3. The molecule has 0 bridgehead atoms. The van der Waals surface area contributed by atoms with E-state index in [0.29, 0.717) is 24.1 Å². The van der Waals surface area contributed by atoms with Crippen LogP contribution in [-0.2, 0) is 4.79 Å². The van der Waals surface area contributed by atoms with Gasteiger partial charge in [-0.2, -0.15) is 0 Å². The Bertz CT molecular complexity index is 807. The Morgan fingerprint density at radius 1 is 1.29 bits per heavy atom. The van der Waals surface area contributed by atoms with Crippen LogP contribution in [0.5, 0.6) is 0 Å². The molecule has 0 saturated carbocycles. The van der Waals surface area contributed by atoms with Crippen molar-refractivity contribution in [1.82, 2.24) is 10.3 Å². The molecule has 4 rings (SSSR count). The summed E-state index contributed by atoms with van der Waals surface area (Å²) in [5, 5.41) is 3.58. The smallest absolute Gasteiger partial charge is 0.259 e. The van der Waals surface area contributed by atoms with Gasteiger partial charge in [0.25, 0.3) is 5.91 Å². The standard InChI is InChI=1S/C16H13N3O2/c1-9-5-6-13(15(20)18-9)19-12-4-2-3-11-14(12)10(16(19)21)7-8-17-11/h2-4,7-8,13H,1,5-6H2,(H,18,20). The summed E-state index contributed by atoms with van der Waals surface area (Å²) >= 11 is 0. The molecule has 1 atom stereocenters. The molecule has 2 aromatic rings. The van der Waals surface area contributed by atoms with Gasteiger partial charge in [-0.1, -0.05) is 12.6 Å². The van der Waals surface area contributed by atoms with E-state index in [1.165, 1.54) is 0 Å². The van der Waals surface area contributed by atoms with Crippen LogP contribution in [0.1, 0.15) is 23.2 Å². The first-order valence-electron chi connectivity index (χ1n) is 6.87. The summed E-state index contributed by atoms with van der Waals surface area (Å²) in [4.78, 5) is 30.8. The molecule has 104 valence electrons. The molecule has 1 unspecified atom stereocenters. The molecule has 21 heavy (non-hydrogen) atoms. The number of nitrogens with one attached hydrogen (secondary N) is 1. The van der Waals surface area contributed by atoms with Crippen LogP contribution in [0, 0.1) is 0 Å². The largest absolute Gasteiger partial charge is 0.329 e. The van der Waals surface area contributed by atoms with Crippen LogP contribution in [0.4, 0.5) is 5.69 Å². The zero-order valence-electron chi connectivity index (χ0n) is 11.3. The molecule has 5 nitrogen and oxygen atoms in total. The third-order valence-electron chi connectivity index (χ3n) is 4.09. The van der Waals surface area contributed by atoms with Gasteiger partial charge in [0, 0.05) is 17.3 Å². The molecule has 0 radical (unpaired) electrons. The van der Waals surface area contributed by atoms with E-state index < -0.39 is 6.04 Å². The Kier molecular flexibility index (Phi) is 2.39. The lowest BCUT2D eigenvalue weighted by Crippen LogP contribution is -2.51. The van der Waals surface area contributed by atoms with E-state index in [1.54, 1.807) is 17.2 Å². The quantitative estimate of drug-likeness (QED) is 0.868. The van der Waals surface area contributed by atoms with E-state index in [-0.39, 0.29) is 11.8 Å². The van der Waals surface area contributed by atoms with Gasteiger partial charge in [0.05, 0.1) is 16.8 Å². The Balaban J connectivity index is 1.86. The second-order valence-electron chi connectivity index (χ2n) is 5.35. The highest BCUT2D eigenvalue weighted by molar-refractivity contribution is 6.26. The van der Waals surface area contributed by atoms with Crippen molar-refractivity contribution in [1.29, 1.82) is 0 Å². The monoisotopic (exact) mass is 279 g/mol. The van der Waals surface area contributed by atoms with Crippen molar-refractivity contribution >= 4 is 28.4 Å². The van der Waals surface area contributed by atoms with Crippen LogP contribution in [0.25, 0.3) is 10.9 Å². The SMILES string of the molecule is C=C1CCC(N2C(=O)c3ccnc4cccc2c34)C(=O)N1. The minimum absolute atomic E-state index is 0.128. The maximum Gasteiger partial charge on any atom is 0.259 e. The third kappa shape index (κ3) is 1.60. The summed E-state index contributed by atoms with van der Waals surface area (Å²) < 4.78 is 0. The number of hydrogen-bond acceptors (Lipinski definition) is 3. The Labute approximate surface area is 121 Å². The molecule has 0 spiro atoms. The van der Waals surface area contributed by atoms with E-state index >= 15 is 0 Å². The number of benzene rings is 1. The molecule has 1 aromatic carbocycles. The molecule has 1 saturated heterocycles. The first-order valence-corrected chi connectivity index (χ1v) is 6.87. The number of carbonyl (C=O) groups is 2. The van der Waals surface area contributed by atoms with Crippen molar-refractivity contribution in [2.45, 2.75) is 18.9 Å². The van der Waals surface area contributed by atoms with Gasteiger partial charge in [-0.3, -0.25) is 19.5 Å². The van der Waals surface area contributed by atoms with E-state index in [9.17, 15) is 9.59 Å². The van der Waals surface area contributed by atoms with Gasteiger partial charge in [-0.25, -0.2) is 0 Å². The van der Waals surface area contributed by atoms with Crippen molar-refractivity contribution in [3.05, 3.63) is 48.3 Å². The van der Waals surface area contributed by atoms with E-state index in [4.69, 9.17) is 0 Å². The lowest BCUT2D eigenvalue weighted by Gasteiger charge is -2.31. The van der Waals surface area contributed by atoms with Crippen LogP contribution in [-0.4, -0.2) is 22.8 Å². The number of pyridine rings is 1.